The molecule has 1 aromatic rings. The summed E-state index contributed by atoms with van der Waals surface area (Å²) in [6.45, 7) is 2.63. The molecule has 0 aromatic heterocycles. The van der Waals surface area contributed by atoms with Gasteiger partial charge in [0.15, 0.2) is 5.96 Å². The van der Waals surface area contributed by atoms with Crippen LogP contribution in [0.1, 0.15) is 12.8 Å². The number of piperidine rings is 1. The molecule has 1 aliphatic rings. The number of benzene rings is 1. The van der Waals surface area contributed by atoms with Crippen molar-refractivity contribution in [2.24, 2.45) is 10.7 Å². The Morgan fingerprint density at radius 2 is 2.04 bits per heavy atom. The molecule has 0 bridgehead atoms. The molecule has 3 N–H and O–H groups in total. The standard InChI is InChI=1S/C15H22F2N4S.HI/c1-21-7-5-15(22-2,6-8-21)10-19-14(18)20-13-9-11(16)3-4-12(13)17;/h3-4,9H,5-8,10H2,1-2H3,(H3,18,19,20);1H. The molecule has 0 spiro atoms. The second-order valence-corrected chi connectivity index (χ2v) is 6.92. The highest BCUT2D eigenvalue weighted by Gasteiger charge is 2.32. The predicted molar refractivity (Wildman–Crippen MR) is 105 cm³/mol. The van der Waals surface area contributed by atoms with Crippen LogP contribution in [0.2, 0.25) is 0 Å². The minimum Gasteiger partial charge on any atom is -0.370 e. The van der Waals surface area contributed by atoms with Crippen molar-refractivity contribution < 1.29 is 8.78 Å². The first kappa shape index (κ1) is 20.4. The zero-order valence-electron chi connectivity index (χ0n) is 13.3. The summed E-state index contributed by atoms with van der Waals surface area (Å²) >= 11 is 1.80. The van der Waals surface area contributed by atoms with E-state index >= 15 is 0 Å². The van der Waals surface area contributed by atoms with Crippen LogP contribution in [-0.2, 0) is 0 Å². The van der Waals surface area contributed by atoms with Crippen LogP contribution in [0.3, 0.4) is 0 Å². The minimum absolute atomic E-state index is 0. The number of aliphatic imine (C=N–C) groups is 1. The highest BCUT2D eigenvalue weighted by Crippen LogP contribution is 2.34. The molecule has 1 saturated heterocycles. The molecule has 4 nitrogen and oxygen atoms in total. The Labute approximate surface area is 157 Å². The van der Waals surface area contributed by atoms with Crippen molar-refractivity contribution in [2.45, 2.75) is 17.6 Å². The van der Waals surface area contributed by atoms with Crippen molar-refractivity contribution in [1.82, 2.24) is 4.90 Å². The van der Waals surface area contributed by atoms with Gasteiger partial charge in [-0.3, -0.25) is 4.99 Å². The molecule has 23 heavy (non-hydrogen) atoms. The van der Waals surface area contributed by atoms with Crippen LogP contribution in [-0.4, -0.2) is 48.5 Å². The van der Waals surface area contributed by atoms with E-state index in [4.69, 9.17) is 5.73 Å². The summed E-state index contributed by atoms with van der Waals surface area (Å²) in [5.41, 5.74) is 5.82. The molecule has 1 heterocycles. The molecule has 0 atom stereocenters. The molecular formula is C15H23F2IN4S. The summed E-state index contributed by atoms with van der Waals surface area (Å²) in [6.07, 6.45) is 4.16. The largest absolute Gasteiger partial charge is 0.370 e. The fourth-order valence-electron chi connectivity index (χ4n) is 2.45. The van der Waals surface area contributed by atoms with Gasteiger partial charge in [-0.25, -0.2) is 8.78 Å². The van der Waals surface area contributed by atoms with E-state index in [-0.39, 0.29) is 40.4 Å². The number of nitrogens with one attached hydrogen (secondary N) is 1. The Bertz CT molecular complexity index is 548. The number of halogens is 3. The van der Waals surface area contributed by atoms with Gasteiger partial charge < -0.3 is 16.0 Å². The molecule has 0 aliphatic carbocycles. The highest BCUT2D eigenvalue weighted by molar-refractivity contribution is 14.0. The SMILES string of the molecule is CSC1(CN=C(N)Nc2cc(F)ccc2F)CCN(C)CC1.I. The summed E-state index contributed by atoms with van der Waals surface area (Å²) in [7, 11) is 2.11. The van der Waals surface area contributed by atoms with Crippen LogP contribution in [0, 0.1) is 11.6 Å². The van der Waals surface area contributed by atoms with Crippen LogP contribution in [0.15, 0.2) is 23.2 Å². The lowest BCUT2D eigenvalue weighted by atomic mass is 9.96. The van der Waals surface area contributed by atoms with Gasteiger partial charge in [0.05, 0.1) is 12.2 Å². The van der Waals surface area contributed by atoms with Crippen molar-refractivity contribution in [3.63, 3.8) is 0 Å². The fourth-order valence-corrected chi connectivity index (χ4v) is 3.24. The number of guanidine groups is 1. The van der Waals surface area contributed by atoms with Crippen LogP contribution in [0.5, 0.6) is 0 Å². The number of nitrogens with zero attached hydrogens (tertiary/aromatic N) is 2. The van der Waals surface area contributed by atoms with E-state index in [1.165, 1.54) is 0 Å². The van der Waals surface area contributed by atoms with E-state index in [0.29, 0.717) is 6.54 Å². The zero-order valence-corrected chi connectivity index (χ0v) is 16.5. The summed E-state index contributed by atoms with van der Waals surface area (Å²) in [5, 5.41) is 2.63. The quantitative estimate of drug-likeness (QED) is 0.416. The number of hydrogen-bond acceptors (Lipinski definition) is 3. The molecule has 8 heteroatoms. The van der Waals surface area contributed by atoms with E-state index in [0.717, 1.165) is 44.1 Å². The predicted octanol–water partition coefficient (Wildman–Crippen LogP) is 3.14. The van der Waals surface area contributed by atoms with Crippen LogP contribution < -0.4 is 11.1 Å². The Morgan fingerprint density at radius 1 is 1.39 bits per heavy atom. The monoisotopic (exact) mass is 456 g/mol. The lowest BCUT2D eigenvalue weighted by Crippen LogP contribution is -2.43. The number of hydrogen-bond donors (Lipinski definition) is 2. The second-order valence-electron chi connectivity index (χ2n) is 5.64. The Kier molecular flexibility index (Phi) is 8.02. The summed E-state index contributed by atoms with van der Waals surface area (Å²) in [6, 6.07) is 3.19. The van der Waals surface area contributed by atoms with Gasteiger partial charge in [-0.2, -0.15) is 11.8 Å². The number of rotatable bonds is 4. The maximum Gasteiger partial charge on any atom is 0.193 e. The molecule has 2 rings (SSSR count). The van der Waals surface area contributed by atoms with Crippen LogP contribution in [0.4, 0.5) is 14.5 Å². The van der Waals surface area contributed by atoms with E-state index in [2.05, 4.69) is 28.5 Å². The van der Waals surface area contributed by atoms with Crippen LogP contribution >= 0.6 is 35.7 Å². The first-order chi connectivity index (χ1) is 10.4. The molecule has 0 saturated carbocycles. The molecular weight excluding hydrogens is 433 g/mol. The maximum absolute atomic E-state index is 13.6. The number of anilines is 1. The van der Waals surface area contributed by atoms with Gasteiger partial charge in [0, 0.05) is 10.8 Å². The lowest BCUT2D eigenvalue weighted by molar-refractivity contribution is 0.242. The molecule has 0 unspecified atom stereocenters. The first-order valence-electron chi connectivity index (χ1n) is 7.20. The Hall–Kier alpha value is -0.610. The Morgan fingerprint density at radius 3 is 2.65 bits per heavy atom. The van der Waals surface area contributed by atoms with Gasteiger partial charge in [-0.15, -0.1) is 24.0 Å². The van der Waals surface area contributed by atoms with Crippen molar-refractivity contribution >= 4 is 47.4 Å². The lowest BCUT2D eigenvalue weighted by Gasteiger charge is -2.38. The molecule has 130 valence electrons. The normalized spacial score (nSPS) is 18.3. The van der Waals surface area contributed by atoms with E-state index in [9.17, 15) is 8.78 Å². The summed E-state index contributed by atoms with van der Waals surface area (Å²) < 4.78 is 26.8. The van der Waals surface area contributed by atoms with E-state index in [1.807, 2.05) is 0 Å². The van der Waals surface area contributed by atoms with Gasteiger partial charge >= 0.3 is 0 Å². The van der Waals surface area contributed by atoms with Crippen molar-refractivity contribution in [1.29, 1.82) is 0 Å². The molecule has 0 amide bonds. The number of thioether (sulfide) groups is 1. The minimum atomic E-state index is -0.557. The van der Waals surface area contributed by atoms with Crippen molar-refractivity contribution in [3.8, 4) is 0 Å². The van der Waals surface area contributed by atoms with Gasteiger partial charge in [-0.1, -0.05) is 0 Å². The highest BCUT2D eigenvalue weighted by atomic mass is 127. The van der Waals surface area contributed by atoms with E-state index < -0.39 is 11.6 Å². The van der Waals surface area contributed by atoms with Crippen molar-refractivity contribution in [3.05, 3.63) is 29.8 Å². The summed E-state index contributed by atoms with van der Waals surface area (Å²) in [5.74, 6) is -0.970. The Balaban J connectivity index is 0.00000264. The zero-order chi connectivity index (χ0) is 16.2. The summed E-state index contributed by atoms with van der Waals surface area (Å²) in [4.78, 5) is 6.63. The van der Waals surface area contributed by atoms with Gasteiger partial charge in [0.2, 0.25) is 0 Å². The van der Waals surface area contributed by atoms with Gasteiger partial charge in [0.1, 0.15) is 11.6 Å². The smallest absolute Gasteiger partial charge is 0.193 e. The third-order valence-corrected chi connectivity index (χ3v) is 5.46. The molecule has 0 radical (unpaired) electrons. The average Bonchev–Trinajstić information content (AvgIpc) is 2.51. The third kappa shape index (κ3) is 5.75. The van der Waals surface area contributed by atoms with E-state index in [1.54, 1.807) is 11.8 Å². The van der Waals surface area contributed by atoms with Crippen molar-refractivity contribution in [2.75, 3.05) is 38.3 Å². The average molecular weight is 456 g/mol. The van der Waals surface area contributed by atoms with Gasteiger partial charge in [-0.05, 0) is 51.4 Å². The number of likely N-dealkylation sites (tertiary alicyclic amines) is 1. The fraction of sp³-hybridized carbons (Fsp3) is 0.533. The second kappa shape index (κ2) is 9.03. The topological polar surface area (TPSA) is 53.6 Å². The maximum atomic E-state index is 13.6. The number of nitrogens with two attached hydrogens (primary N) is 1. The van der Waals surface area contributed by atoms with Crippen LogP contribution in [0.25, 0.3) is 0 Å². The molecule has 1 aromatic carbocycles. The molecule has 1 fully saturated rings. The van der Waals surface area contributed by atoms with Gasteiger partial charge in [0.25, 0.3) is 0 Å². The third-order valence-electron chi connectivity index (χ3n) is 4.06. The first-order valence-corrected chi connectivity index (χ1v) is 8.42. The molecule has 1 aliphatic heterocycles.